The number of rotatable bonds is 6. The molecule has 0 aliphatic heterocycles. The van der Waals surface area contributed by atoms with Crippen LogP contribution in [0.4, 0.5) is 0 Å². The van der Waals surface area contributed by atoms with Gasteiger partial charge < -0.3 is 10.1 Å². The third-order valence-electron chi connectivity index (χ3n) is 1.61. The van der Waals surface area contributed by atoms with E-state index >= 15 is 0 Å². The Hall–Kier alpha value is -1.08. The fraction of sp³-hybridized carbons (Fsp3) is 0.800. The Balaban J connectivity index is 3.60. The number of ether oxygens (including phenoxy) is 1. The van der Waals surface area contributed by atoms with Crippen molar-refractivity contribution in [2.24, 2.45) is 5.41 Å². The molecule has 4 nitrogen and oxygen atoms in total. The summed E-state index contributed by atoms with van der Waals surface area (Å²) in [6.07, 6.45) is 0.900. The zero-order chi connectivity index (χ0) is 11.0. The Bertz CT molecular complexity index is 219. The summed E-state index contributed by atoms with van der Waals surface area (Å²) in [5.74, 6) is -0.165. The molecule has 0 atom stereocenters. The van der Waals surface area contributed by atoms with E-state index in [0.717, 1.165) is 6.42 Å². The second-order valence-corrected chi connectivity index (χ2v) is 3.83. The normalized spacial score (nSPS) is 10.7. The van der Waals surface area contributed by atoms with Gasteiger partial charge in [-0.05, 0) is 20.3 Å². The van der Waals surface area contributed by atoms with Crippen molar-refractivity contribution in [1.29, 1.82) is 5.26 Å². The van der Waals surface area contributed by atoms with Crippen LogP contribution in [0.3, 0.4) is 0 Å². The summed E-state index contributed by atoms with van der Waals surface area (Å²) in [4.78, 5) is 11.1. The minimum absolute atomic E-state index is 0.0787. The van der Waals surface area contributed by atoms with E-state index in [-0.39, 0.29) is 12.5 Å². The van der Waals surface area contributed by atoms with Crippen molar-refractivity contribution >= 4 is 5.91 Å². The van der Waals surface area contributed by atoms with Gasteiger partial charge in [0.2, 0.25) is 5.91 Å². The molecule has 14 heavy (non-hydrogen) atoms. The van der Waals surface area contributed by atoms with E-state index in [1.165, 1.54) is 0 Å². The number of hydrogen-bond donors (Lipinski definition) is 1. The molecule has 0 saturated heterocycles. The van der Waals surface area contributed by atoms with Gasteiger partial charge in [-0.3, -0.25) is 4.79 Å². The number of carbonyl (C=O) groups excluding carboxylic acids is 1. The van der Waals surface area contributed by atoms with Crippen molar-refractivity contribution in [1.82, 2.24) is 5.32 Å². The molecule has 0 aliphatic carbocycles. The standard InChI is InChI=1S/C10H18N2O2/c1-4-5-14-6-9(13)12-8-10(2,3)7-11/h4-6,8H2,1-3H3,(H,12,13). The van der Waals surface area contributed by atoms with E-state index < -0.39 is 5.41 Å². The first-order valence-electron chi connectivity index (χ1n) is 4.77. The molecule has 0 aliphatic rings. The molecule has 0 heterocycles. The lowest BCUT2D eigenvalue weighted by atomic mass is 9.96. The van der Waals surface area contributed by atoms with Gasteiger partial charge in [0.05, 0.1) is 11.5 Å². The predicted octanol–water partition coefficient (Wildman–Crippen LogP) is 1.08. The summed E-state index contributed by atoms with van der Waals surface area (Å²) in [5.41, 5.74) is -0.513. The molecule has 0 rings (SSSR count). The van der Waals surface area contributed by atoms with Crippen LogP contribution in [0.1, 0.15) is 27.2 Å². The van der Waals surface area contributed by atoms with Crippen molar-refractivity contribution in [2.75, 3.05) is 19.8 Å². The van der Waals surface area contributed by atoms with Gasteiger partial charge in [0.25, 0.3) is 0 Å². The van der Waals surface area contributed by atoms with Crippen LogP contribution >= 0.6 is 0 Å². The molecule has 0 aromatic heterocycles. The second kappa shape index (κ2) is 6.39. The zero-order valence-electron chi connectivity index (χ0n) is 9.09. The number of amides is 1. The molecule has 1 amide bonds. The Morgan fingerprint density at radius 3 is 2.71 bits per heavy atom. The molecule has 0 aromatic carbocycles. The topological polar surface area (TPSA) is 62.1 Å². The number of carbonyl (C=O) groups is 1. The first kappa shape index (κ1) is 12.9. The molecule has 0 saturated carbocycles. The first-order chi connectivity index (χ1) is 6.52. The van der Waals surface area contributed by atoms with Gasteiger partial charge in [0, 0.05) is 13.2 Å². The van der Waals surface area contributed by atoms with Crippen LogP contribution in [0.5, 0.6) is 0 Å². The van der Waals surface area contributed by atoms with Crippen molar-refractivity contribution in [3.63, 3.8) is 0 Å². The maximum atomic E-state index is 11.1. The summed E-state index contributed by atoms with van der Waals surface area (Å²) in [5, 5.41) is 11.3. The van der Waals surface area contributed by atoms with Gasteiger partial charge in [-0.1, -0.05) is 6.92 Å². The van der Waals surface area contributed by atoms with Crippen LogP contribution in [0.15, 0.2) is 0 Å². The second-order valence-electron chi connectivity index (χ2n) is 3.83. The van der Waals surface area contributed by atoms with E-state index in [0.29, 0.717) is 13.2 Å². The zero-order valence-corrected chi connectivity index (χ0v) is 9.09. The molecule has 0 bridgehead atoms. The fourth-order valence-electron chi connectivity index (χ4n) is 0.719. The van der Waals surface area contributed by atoms with Crippen LogP contribution in [-0.4, -0.2) is 25.7 Å². The predicted molar refractivity (Wildman–Crippen MR) is 53.5 cm³/mol. The largest absolute Gasteiger partial charge is 0.372 e. The first-order valence-corrected chi connectivity index (χ1v) is 4.77. The minimum atomic E-state index is -0.513. The van der Waals surface area contributed by atoms with Gasteiger partial charge in [0.1, 0.15) is 6.61 Å². The highest BCUT2D eigenvalue weighted by Crippen LogP contribution is 2.10. The lowest BCUT2D eigenvalue weighted by Crippen LogP contribution is -2.35. The quantitative estimate of drug-likeness (QED) is 0.649. The summed E-state index contributed by atoms with van der Waals surface area (Å²) in [7, 11) is 0. The molecule has 1 N–H and O–H groups in total. The fourth-order valence-corrected chi connectivity index (χ4v) is 0.719. The highest BCUT2D eigenvalue weighted by Gasteiger charge is 2.17. The van der Waals surface area contributed by atoms with Crippen LogP contribution in [-0.2, 0) is 9.53 Å². The number of hydrogen-bond acceptors (Lipinski definition) is 3. The Labute approximate surface area is 85.2 Å². The maximum Gasteiger partial charge on any atom is 0.246 e. The van der Waals surface area contributed by atoms with Crippen LogP contribution in [0.2, 0.25) is 0 Å². The third kappa shape index (κ3) is 6.44. The summed E-state index contributed by atoms with van der Waals surface area (Å²) < 4.78 is 5.05. The average Bonchev–Trinajstić information content (AvgIpc) is 2.16. The molecule has 0 radical (unpaired) electrons. The Kier molecular flexibility index (Phi) is 5.89. The van der Waals surface area contributed by atoms with E-state index in [2.05, 4.69) is 11.4 Å². The Morgan fingerprint density at radius 2 is 2.21 bits per heavy atom. The highest BCUT2D eigenvalue weighted by atomic mass is 16.5. The van der Waals surface area contributed by atoms with E-state index in [9.17, 15) is 4.79 Å². The van der Waals surface area contributed by atoms with E-state index in [1.807, 2.05) is 6.92 Å². The lowest BCUT2D eigenvalue weighted by Gasteiger charge is -2.15. The number of nitriles is 1. The number of nitrogens with zero attached hydrogens (tertiary/aromatic N) is 1. The minimum Gasteiger partial charge on any atom is -0.372 e. The van der Waals surface area contributed by atoms with Gasteiger partial charge in [0.15, 0.2) is 0 Å². The average molecular weight is 198 g/mol. The molecule has 0 aromatic rings. The molecular formula is C10H18N2O2. The van der Waals surface area contributed by atoms with Gasteiger partial charge >= 0.3 is 0 Å². The lowest BCUT2D eigenvalue weighted by molar-refractivity contribution is -0.126. The summed E-state index contributed by atoms with van der Waals surface area (Å²) in [6, 6.07) is 2.11. The van der Waals surface area contributed by atoms with Gasteiger partial charge in [-0.25, -0.2) is 0 Å². The molecule has 0 unspecified atom stereocenters. The third-order valence-corrected chi connectivity index (χ3v) is 1.61. The van der Waals surface area contributed by atoms with Crippen LogP contribution in [0.25, 0.3) is 0 Å². The number of nitrogens with one attached hydrogen (secondary N) is 1. The molecule has 4 heteroatoms. The van der Waals surface area contributed by atoms with Crippen molar-refractivity contribution < 1.29 is 9.53 Å². The molecule has 80 valence electrons. The summed E-state index contributed by atoms with van der Waals surface area (Å²) in [6.45, 7) is 6.57. The maximum absolute atomic E-state index is 11.1. The van der Waals surface area contributed by atoms with Crippen molar-refractivity contribution in [3.05, 3.63) is 0 Å². The summed E-state index contributed by atoms with van der Waals surface area (Å²) >= 11 is 0. The highest BCUT2D eigenvalue weighted by molar-refractivity contribution is 5.77. The molecule has 0 fully saturated rings. The molecule has 0 spiro atoms. The van der Waals surface area contributed by atoms with E-state index in [1.54, 1.807) is 13.8 Å². The monoisotopic (exact) mass is 198 g/mol. The van der Waals surface area contributed by atoms with Crippen LogP contribution < -0.4 is 5.32 Å². The van der Waals surface area contributed by atoms with Gasteiger partial charge in [-0.2, -0.15) is 5.26 Å². The Morgan fingerprint density at radius 1 is 1.57 bits per heavy atom. The van der Waals surface area contributed by atoms with Crippen molar-refractivity contribution in [2.45, 2.75) is 27.2 Å². The van der Waals surface area contributed by atoms with Crippen molar-refractivity contribution in [3.8, 4) is 6.07 Å². The van der Waals surface area contributed by atoms with Gasteiger partial charge in [-0.15, -0.1) is 0 Å². The smallest absolute Gasteiger partial charge is 0.246 e. The van der Waals surface area contributed by atoms with E-state index in [4.69, 9.17) is 10.00 Å². The SMILES string of the molecule is CCCOCC(=O)NCC(C)(C)C#N. The molecular weight excluding hydrogens is 180 g/mol. The van der Waals surface area contributed by atoms with Crippen LogP contribution in [0, 0.1) is 16.7 Å².